The first kappa shape index (κ1) is 37.5. The molecule has 0 unspecified atom stereocenters. The molecule has 12 nitrogen and oxygen atoms in total. The fraction of sp³-hybridized carbons (Fsp3) is 0.406. The summed E-state index contributed by atoms with van der Waals surface area (Å²) in [5, 5.41) is 12.6. The van der Waals surface area contributed by atoms with Crippen molar-refractivity contribution < 1.29 is 33.8 Å². The third-order valence-electron chi connectivity index (χ3n) is 7.06. The molecule has 1 fully saturated rings. The lowest BCUT2D eigenvalue weighted by Gasteiger charge is -2.24. The topological polar surface area (TPSA) is 143 Å². The van der Waals surface area contributed by atoms with E-state index in [4.69, 9.17) is 49.4 Å². The Morgan fingerprint density at radius 2 is 1.72 bits per heavy atom. The first-order chi connectivity index (χ1) is 22.5. The highest BCUT2D eigenvalue weighted by Crippen LogP contribution is 2.35. The lowest BCUT2D eigenvalue weighted by Crippen LogP contribution is -2.39. The number of carbonyl (C=O) groups is 4. The van der Waals surface area contributed by atoms with Gasteiger partial charge in [-0.2, -0.15) is 0 Å². The van der Waals surface area contributed by atoms with Crippen LogP contribution in [0.2, 0.25) is 15.1 Å². The molecular weight excluding hydrogens is 673 g/mol. The highest BCUT2D eigenvalue weighted by Gasteiger charge is 2.24. The average molecular weight is 711 g/mol. The van der Waals surface area contributed by atoms with E-state index in [2.05, 4.69) is 10.3 Å². The number of aliphatic carboxylic acids is 1. The Kier molecular flexibility index (Phi) is 15.1. The van der Waals surface area contributed by atoms with Gasteiger partial charge in [0.15, 0.2) is 5.75 Å². The normalized spacial score (nSPS) is 12.7. The van der Waals surface area contributed by atoms with Crippen molar-refractivity contribution in [2.75, 3.05) is 32.1 Å². The van der Waals surface area contributed by atoms with E-state index in [0.717, 1.165) is 43.4 Å². The van der Waals surface area contributed by atoms with Crippen molar-refractivity contribution in [2.45, 2.75) is 58.0 Å². The number of benzene rings is 2. The highest BCUT2D eigenvalue weighted by molar-refractivity contribution is 6.40. The maximum atomic E-state index is 12.3. The van der Waals surface area contributed by atoms with Crippen molar-refractivity contribution in [3.8, 4) is 5.75 Å². The monoisotopic (exact) mass is 709 g/mol. The SMILES string of the molecule is CCCN(CCOc1c(Cl)cc(Cl)cc1Cl)C(=O)n1ccnc1.CN(C(=O)Nc1ccccc1CC(=O)O)C(=O)OC1CCCCC1. The summed E-state index contributed by atoms with van der Waals surface area (Å²) in [6.45, 7) is 3.28. The summed E-state index contributed by atoms with van der Waals surface area (Å²) < 4.78 is 12.4. The van der Waals surface area contributed by atoms with Crippen molar-refractivity contribution in [1.29, 1.82) is 0 Å². The number of aromatic nitrogens is 2. The number of carbonyl (C=O) groups excluding carboxylic acids is 3. The molecule has 0 aliphatic heterocycles. The molecular formula is C32H38Cl3N5O7. The Morgan fingerprint density at radius 1 is 1.04 bits per heavy atom. The standard InChI is InChI=1S/C17H22N2O5.C15H16Cl3N3O2/c1-19(17(23)24-13-8-3-2-4-9-13)16(22)18-14-10-6-5-7-12(14)11-15(20)21;1-2-4-20(15(22)21-5-3-19-10-21)6-7-23-14-12(17)8-11(16)9-13(14)18/h5-7,10,13H,2-4,8-9,11H2,1H3,(H,18,22)(H,20,21);3,5,8-10H,2,4,6-7H2,1H3. The van der Waals surface area contributed by atoms with Crippen LogP contribution in [0.25, 0.3) is 0 Å². The summed E-state index contributed by atoms with van der Waals surface area (Å²) in [5.74, 6) is -0.633. The zero-order valence-electron chi connectivity index (χ0n) is 26.2. The minimum atomic E-state index is -0.998. The van der Waals surface area contributed by atoms with Crippen molar-refractivity contribution in [1.82, 2.24) is 19.4 Å². The van der Waals surface area contributed by atoms with Crippen LogP contribution in [0.4, 0.5) is 20.1 Å². The summed E-state index contributed by atoms with van der Waals surface area (Å²) in [6.07, 6.45) is 9.26. The number of ether oxygens (including phenoxy) is 2. The summed E-state index contributed by atoms with van der Waals surface area (Å²) in [5.41, 5.74) is 0.828. The second-order valence-electron chi connectivity index (χ2n) is 10.6. The minimum Gasteiger partial charge on any atom is -0.489 e. The molecule has 0 radical (unpaired) electrons. The van der Waals surface area contributed by atoms with Crippen molar-refractivity contribution >= 4 is 64.6 Å². The first-order valence-corrected chi connectivity index (χ1v) is 16.2. The van der Waals surface area contributed by atoms with Crippen molar-refractivity contribution in [3.05, 3.63) is 75.8 Å². The molecule has 1 saturated carbocycles. The Balaban J connectivity index is 0.000000256. The van der Waals surface area contributed by atoms with E-state index in [-0.39, 0.29) is 25.2 Å². The fourth-order valence-corrected chi connectivity index (χ4v) is 5.61. The van der Waals surface area contributed by atoms with Gasteiger partial charge in [0.05, 0.1) is 23.0 Å². The maximum absolute atomic E-state index is 12.3. The van der Waals surface area contributed by atoms with Crippen LogP contribution in [-0.4, -0.2) is 81.4 Å². The number of urea groups is 1. The quantitative estimate of drug-likeness (QED) is 0.217. The van der Waals surface area contributed by atoms with Gasteiger partial charge in [-0.15, -0.1) is 0 Å². The molecule has 15 heteroatoms. The van der Waals surface area contributed by atoms with E-state index in [9.17, 15) is 19.2 Å². The predicted octanol–water partition coefficient (Wildman–Crippen LogP) is 7.85. The van der Waals surface area contributed by atoms with Crippen LogP contribution in [0.5, 0.6) is 5.75 Å². The van der Waals surface area contributed by atoms with E-state index in [0.29, 0.717) is 45.2 Å². The smallest absolute Gasteiger partial charge is 0.417 e. The fourth-order valence-electron chi connectivity index (χ4n) is 4.68. The summed E-state index contributed by atoms with van der Waals surface area (Å²) in [7, 11) is 1.33. The number of carboxylic acid groups (broad SMARTS) is 1. The number of para-hydroxylation sites is 1. The first-order valence-electron chi connectivity index (χ1n) is 15.1. The molecule has 47 heavy (non-hydrogen) atoms. The zero-order chi connectivity index (χ0) is 34.3. The molecule has 1 aromatic heterocycles. The molecule has 2 aromatic carbocycles. The van der Waals surface area contributed by atoms with E-state index in [1.165, 1.54) is 17.9 Å². The molecule has 0 saturated heterocycles. The Morgan fingerprint density at radius 3 is 2.34 bits per heavy atom. The maximum Gasteiger partial charge on any atom is 0.417 e. The van der Waals surface area contributed by atoms with E-state index in [1.54, 1.807) is 53.7 Å². The van der Waals surface area contributed by atoms with Crippen LogP contribution in [0.15, 0.2) is 55.1 Å². The van der Waals surface area contributed by atoms with Gasteiger partial charge in [-0.1, -0.05) is 66.3 Å². The molecule has 0 atom stereocenters. The molecule has 2 N–H and O–H groups in total. The Hall–Kier alpha value is -4.00. The van der Waals surface area contributed by atoms with Crippen LogP contribution < -0.4 is 10.1 Å². The van der Waals surface area contributed by atoms with Gasteiger partial charge in [-0.25, -0.2) is 24.3 Å². The lowest BCUT2D eigenvalue weighted by atomic mass is 9.98. The van der Waals surface area contributed by atoms with Crippen molar-refractivity contribution in [2.24, 2.45) is 0 Å². The van der Waals surface area contributed by atoms with E-state index < -0.39 is 18.1 Å². The minimum absolute atomic E-state index is 0.138. The highest BCUT2D eigenvalue weighted by atomic mass is 35.5. The number of imide groups is 1. The summed E-state index contributed by atoms with van der Waals surface area (Å²) in [4.78, 5) is 53.9. The van der Waals surface area contributed by atoms with Crippen LogP contribution in [0.1, 0.15) is 51.0 Å². The largest absolute Gasteiger partial charge is 0.489 e. The second kappa shape index (κ2) is 19.0. The number of hydrogen-bond acceptors (Lipinski definition) is 7. The molecule has 1 heterocycles. The van der Waals surface area contributed by atoms with E-state index >= 15 is 0 Å². The molecule has 1 aliphatic carbocycles. The number of carboxylic acids is 1. The predicted molar refractivity (Wildman–Crippen MR) is 180 cm³/mol. The number of halogens is 3. The number of rotatable bonds is 10. The number of anilines is 1. The van der Waals surface area contributed by atoms with Gasteiger partial charge in [0.1, 0.15) is 19.0 Å². The van der Waals surface area contributed by atoms with Crippen LogP contribution >= 0.6 is 34.8 Å². The Labute approximate surface area is 288 Å². The van der Waals surface area contributed by atoms with Gasteiger partial charge in [0, 0.05) is 36.7 Å². The van der Waals surface area contributed by atoms with Gasteiger partial charge in [0.2, 0.25) is 0 Å². The number of amides is 4. The van der Waals surface area contributed by atoms with E-state index in [1.807, 2.05) is 6.92 Å². The van der Waals surface area contributed by atoms with Gasteiger partial charge < -0.3 is 24.8 Å². The van der Waals surface area contributed by atoms with Gasteiger partial charge >= 0.3 is 24.1 Å². The number of imidazole rings is 1. The molecule has 0 bridgehead atoms. The average Bonchev–Trinajstić information content (AvgIpc) is 3.58. The van der Waals surface area contributed by atoms with Crippen molar-refractivity contribution in [3.63, 3.8) is 0 Å². The number of nitrogens with one attached hydrogen (secondary N) is 1. The van der Waals surface area contributed by atoms with Crippen LogP contribution in [-0.2, 0) is 16.0 Å². The molecule has 254 valence electrons. The Bertz CT molecular complexity index is 1480. The number of nitrogens with zero attached hydrogens (tertiary/aromatic N) is 4. The lowest BCUT2D eigenvalue weighted by molar-refractivity contribution is -0.136. The third kappa shape index (κ3) is 11.9. The molecule has 3 aromatic rings. The van der Waals surface area contributed by atoms with Crippen LogP contribution in [0, 0.1) is 0 Å². The third-order valence-corrected chi connectivity index (χ3v) is 7.84. The molecule has 0 spiro atoms. The van der Waals surface area contributed by atoms with Gasteiger partial charge in [-0.3, -0.25) is 9.36 Å². The molecule has 4 rings (SSSR count). The summed E-state index contributed by atoms with van der Waals surface area (Å²) >= 11 is 18.0. The van der Waals surface area contributed by atoms with Crippen LogP contribution in [0.3, 0.4) is 0 Å². The molecule has 1 aliphatic rings. The summed E-state index contributed by atoms with van der Waals surface area (Å²) in [6, 6.07) is 8.89. The van der Waals surface area contributed by atoms with Gasteiger partial charge in [0.25, 0.3) is 0 Å². The number of hydrogen-bond donors (Lipinski definition) is 2. The molecule has 4 amide bonds. The zero-order valence-corrected chi connectivity index (χ0v) is 28.4. The second-order valence-corrected chi connectivity index (χ2v) is 11.9. The van der Waals surface area contributed by atoms with Gasteiger partial charge in [-0.05, 0) is 55.9 Å².